The monoisotopic (exact) mass is 523 g/mol. The molecular formula is C34H35O3S+. The summed E-state index contributed by atoms with van der Waals surface area (Å²) in [6.07, 6.45) is 2.02. The van der Waals surface area contributed by atoms with Crippen LogP contribution in [0.15, 0.2) is 112 Å². The summed E-state index contributed by atoms with van der Waals surface area (Å²) >= 11 is 0. The van der Waals surface area contributed by atoms with Crippen LogP contribution in [-0.4, -0.2) is 18.2 Å². The molecule has 0 bridgehead atoms. The number of benzene rings is 4. The van der Waals surface area contributed by atoms with E-state index in [2.05, 4.69) is 97.1 Å². The van der Waals surface area contributed by atoms with Crippen LogP contribution in [0.2, 0.25) is 0 Å². The predicted molar refractivity (Wildman–Crippen MR) is 154 cm³/mol. The minimum Gasteiger partial charge on any atom is -0.481 e. The van der Waals surface area contributed by atoms with Crippen molar-refractivity contribution in [2.24, 2.45) is 0 Å². The fraction of sp³-hybridized carbons (Fsp3) is 0.265. The summed E-state index contributed by atoms with van der Waals surface area (Å²) in [6.45, 7) is 8.01. The van der Waals surface area contributed by atoms with Gasteiger partial charge in [0.2, 0.25) is 0 Å². The normalized spacial score (nSPS) is 14.8. The Hall–Kier alpha value is -3.50. The number of hydrogen-bond donors (Lipinski definition) is 0. The van der Waals surface area contributed by atoms with Crippen LogP contribution >= 0.6 is 0 Å². The van der Waals surface area contributed by atoms with Gasteiger partial charge in [-0.05, 0) is 87.1 Å². The maximum absolute atomic E-state index is 12.9. The van der Waals surface area contributed by atoms with Gasteiger partial charge in [-0.25, -0.2) is 4.79 Å². The summed E-state index contributed by atoms with van der Waals surface area (Å²) in [6, 6.07) is 34.1. The maximum atomic E-state index is 12.9. The number of esters is 1. The van der Waals surface area contributed by atoms with Gasteiger partial charge in [-0.15, -0.1) is 0 Å². The molecule has 1 aliphatic carbocycles. The molecule has 4 aromatic rings. The number of hydrogen-bond acceptors (Lipinski definition) is 3. The summed E-state index contributed by atoms with van der Waals surface area (Å²) in [7, 11) is -0.237. The zero-order valence-corrected chi connectivity index (χ0v) is 23.4. The molecule has 4 heteroatoms. The van der Waals surface area contributed by atoms with E-state index >= 15 is 0 Å². The van der Waals surface area contributed by atoms with Crippen LogP contribution in [0.3, 0.4) is 0 Å². The van der Waals surface area contributed by atoms with E-state index in [0.717, 1.165) is 29.7 Å². The van der Waals surface area contributed by atoms with E-state index in [0.29, 0.717) is 0 Å². The molecule has 0 spiro atoms. The lowest BCUT2D eigenvalue weighted by molar-refractivity contribution is -0.161. The fourth-order valence-electron chi connectivity index (χ4n) is 5.58. The summed E-state index contributed by atoms with van der Waals surface area (Å²) in [4.78, 5) is 16.7. The minimum absolute atomic E-state index is 0.109. The highest BCUT2D eigenvalue weighted by Gasteiger charge is 2.38. The van der Waals surface area contributed by atoms with Crippen LogP contribution in [0.5, 0.6) is 5.75 Å². The number of carbonyl (C=O) groups is 1. The molecule has 0 heterocycles. The third-order valence-corrected chi connectivity index (χ3v) is 9.50. The van der Waals surface area contributed by atoms with E-state index in [1.807, 2.05) is 27.7 Å². The molecule has 0 amide bonds. The van der Waals surface area contributed by atoms with Crippen molar-refractivity contribution in [2.75, 3.05) is 6.61 Å². The predicted octanol–water partition coefficient (Wildman–Crippen LogP) is 7.83. The molecule has 5 rings (SSSR count). The summed E-state index contributed by atoms with van der Waals surface area (Å²) < 4.78 is 12.1. The van der Waals surface area contributed by atoms with Gasteiger partial charge in [0.05, 0.1) is 10.9 Å². The molecule has 0 aliphatic heterocycles. The van der Waals surface area contributed by atoms with Crippen LogP contribution in [0.25, 0.3) is 0 Å². The Morgan fingerprint density at radius 1 is 0.816 bits per heavy atom. The van der Waals surface area contributed by atoms with Crippen molar-refractivity contribution in [1.29, 1.82) is 0 Å². The third kappa shape index (κ3) is 5.51. The number of aryl methyl sites for hydroxylation is 3. The lowest BCUT2D eigenvalue weighted by Crippen LogP contribution is -2.36. The van der Waals surface area contributed by atoms with Crippen LogP contribution in [-0.2, 0) is 26.8 Å². The second-order valence-corrected chi connectivity index (χ2v) is 12.5. The van der Waals surface area contributed by atoms with Gasteiger partial charge in [0, 0.05) is 18.1 Å². The summed E-state index contributed by atoms with van der Waals surface area (Å²) in [5.41, 5.74) is 4.08. The van der Waals surface area contributed by atoms with Gasteiger partial charge >= 0.3 is 5.97 Å². The maximum Gasteiger partial charge on any atom is 0.344 e. The second kappa shape index (κ2) is 11.1. The highest BCUT2D eigenvalue weighted by Crippen LogP contribution is 2.42. The Bertz CT molecular complexity index is 1350. The van der Waals surface area contributed by atoms with E-state index in [9.17, 15) is 4.79 Å². The van der Waals surface area contributed by atoms with Crippen molar-refractivity contribution in [3.8, 4) is 5.75 Å². The first-order valence-electron chi connectivity index (χ1n) is 13.2. The molecule has 0 saturated heterocycles. The first-order chi connectivity index (χ1) is 18.3. The van der Waals surface area contributed by atoms with Gasteiger partial charge in [-0.1, -0.05) is 60.7 Å². The van der Waals surface area contributed by atoms with E-state index in [1.54, 1.807) is 0 Å². The summed E-state index contributed by atoms with van der Waals surface area (Å²) in [5, 5.41) is 0. The van der Waals surface area contributed by atoms with Crippen molar-refractivity contribution >= 4 is 16.9 Å². The molecule has 0 fully saturated rings. The second-order valence-electron chi connectivity index (χ2n) is 10.5. The molecule has 4 aromatic carbocycles. The highest BCUT2D eigenvalue weighted by atomic mass is 32.2. The number of rotatable bonds is 8. The molecule has 1 atom stereocenters. The molecule has 0 radical (unpaired) electrons. The Kier molecular flexibility index (Phi) is 7.62. The van der Waals surface area contributed by atoms with Crippen molar-refractivity contribution in [3.05, 3.63) is 119 Å². The zero-order chi connectivity index (χ0) is 26.7. The number of fused-ring (bicyclic) bond motifs is 1. The van der Waals surface area contributed by atoms with Crippen LogP contribution in [0, 0.1) is 13.8 Å². The minimum atomic E-state index is -0.597. The quantitative estimate of drug-likeness (QED) is 0.174. The lowest BCUT2D eigenvalue weighted by Gasteiger charge is -2.32. The Morgan fingerprint density at radius 2 is 1.37 bits per heavy atom. The summed E-state index contributed by atoms with van der Waals surface area (Å²) in [5.74, 6) is 0.606. The van der Waals surface area contributed by atoms with Crippen LogP contribution in [0.1, 0.15) is 48.4 Å². The van der Waals surface area contributed by atoms with Gasteiger partial charge in [-0.3, -0.25) is 0 Å². The van der Waals surface area contributed by atoms with Crippen molar-refractivity contribution in [1.82, 2.24) is 0 Å². The molecule has 3 nitrogen and oxygen atoms in total. The molecule has 194 valence electrons. The van der Waals surface area contributed by atoms with Gasteiger partial charge < -0.3 is 9.47 Å². The molecule has 1 unspecified atom stereocenters. The smallest absolute Gasteiger partial charge is 0.344 e. The average molecular weight is 524 g/mol. The standard InChI is InChI=1S/C34H35O3S/c1-24-21-29(38(27-14-7-5-8-15-27)28-16-9-6-10-17-28)22-25(2)33(24)36-23-32(35)37-34(3,4)31-20-19-26-13-11-12-18-30(26)31/h5-18,21-22,31H,19-20,23H2,1-4H3/q+1. The van der Waals surface area contributed by atoms with E-state index in [1.165, 1.54) is 25.8 Å². The first kappa shape index (κ1) is 26.1. The molecule has 38 heavy (non-hydrogen) atoms. The van der Waals surface area contributed by atoms with Crippen molar-refractivity contribution < 1.29 is 14.3 Å². The molecule has 1 aliphatic rings. The number of ether oxygens (including phenoxy) is 2. The first-order valence-corrected chi connectivity index (χ1v) is 14.4. The van der Waals surface area contributed by atoms with Gasteiger partial charge in [0.15, 0.2) is 21.3 Å². The Balaban J connectivity index is 1.32. The van der Waals surface area contributed by atoms with E-state index in [-0.39, 0.29) is 29.4 Å². The van der Waals surface area contributed by atoms with Crippen LogP contribution in [0.4, 0.5) is 0 Å². The SMILES string of the molecule is Cc1cc([S+](c2ccccc2)c2ccccc2)cc(C)c1OCC(=O)OC(C)(C)C1CCc2ccccc21. The molecular weight excluding hydrogens is 488 g/mol. The van der Waals surface area contributed by atoms with Crippen LogP contribution < -0.4 is 4.74 Å². The largest absolute Gasteiger partial charge is 0.481 e. The topological polar surface area (TPSA) is 35.5 Å². The Labute approximate surface area is 229 Å². The number of carbonyl (C=O) groups excluding carboxylic acids is 1. The van der Waals surface area contributed by atoms with Gasteiger partial charge in [0.1, 0.15) is 11.4 Å². The lowest BCUT2D eigenvalue weighted by atomic mass is 9.86. The highest BCUT2D eigenvalue weighted by molar-refractivity contribution is 7.97. The zero-order valence-electron chi connectivity index (χ0n) is 22.6. The average Bonchev–Trinajstić information content (AvgIpc) is 3.35. The molecule has 0 N–H and O–H groups in total. The van der Waals surface area contributed by atoms with E-state index < -0.39 is 5.60 Å². The van der Waals surface area contributed by atoms with Gasteiger partial charge in [0.25, 0.3) is 0 Å². The van der Waals surface area contributed by atoms with Crippen molar-refractivity contribution in [3.63, 3.8) is 0 Å². The fourth-order valence-corrected chi connectivity index (χ4v) is 7.85. The van der Waals surface area contributed by atoms with Crippen molar-refractivity contribution in [2.45, 2.75) is 66.7 Å². The molecule has 0 aromatic heterocycles. The Morgan fingerprint density at radius 3 is 1.97 bits per heavy atom. The van der Waals surface area contributed by atoms with E-state index in [4.69, 9.17) is 9.47 Å². The molecule has 0 saturated carbocycles. The third-order valence-electron chi connectivity index (χ3n) is 7.31. The van der Waals surface area contributed by atoms with Gasteiger partial charge in [-0.2, -0.15) is 0 Å².